The number of rotatable bonds is 8. The van der Waals surface area contributed by atoms with Crippen molar-refractivity contribution in [3.8, 4) is 0 Å². The van der Waals surface area contributed by atoms with Gasteiger partial charge in [-0.3, -0.25) is 0 Å². The fourth-order valence-corrected chi connectivity index (χ4v) is 2.36. The molecule has 96 valence electrons. The van der Waals surface area contributed by atoms with Crippen LogP contribution >= 0.6 is 11.8 Å². The Hall–Kier alpha value is -1.04. The smallest absolute Gasteiger partial charge is 0.225 e. The molecule has 0 fully saturated rings. The Morgan fingerprint density at radius 3 is 2.24 bits per heavy atom. The summed E-state index contributed by atoms with van der Waals surface area (Å²) in [7, 11) is 0. The normalized spacial score (nSPS) is 10.6. The summed E-state index contributed by atoms with van der Waals surface area (Å²) in [6, 6.07) is 0. The average molecular weight is 255 g/mol. The number of thioether (sulfide) groups is 1. The van der Waals surface area contributed by atoms with Crippen LogP contribution in [0.5, 0.6) is 0 Å². The Morgan fingerprint density at radius 2 is 1.59 bits per heavy atom. The number of anilines is 2. The van der Waals surface area contributed by atoms with Crippen molar-refractivity contribution in [3.05, 3.63) is 5.82 Å². The van der Waals surface area contributed by atoms with Gasteiger partial charge >= 0.3 is 0 Å². The van der Waals surface area contributed by atoms with E-state index in [9.17, 15) is 0 Å². The monoisotopic (exact) mass is 255 g/mol. The van der Waals surface area contributed by atoms with Crippen molar-refractivity contribution in [2.45, 2.75) is 44.8 Å². The minimum absolute atomic E-state index is 0.205. The van der Waals surface area contributed by atoms with Crippen LogP contribution in [-0.2, 0) is 5.75 Å². The van der Waals surface area contributed by atoms with Gasteiger partial charge < -0.3 is 11.5 Å². The van der Waals surface area contributed by atoms with E-state index in [0.717, 1.165) is 11.5 Å². The summed E-state index contributed by atoms with van der Waals surface area (Å²) in [5.74, 6) is 2.97. The topological polar surface area (TPSA) is 90.7 Å². The van der Waals surface area contributed by atoms with E-state index in [-0.39, 0.29) is 11.9 Å². The highest BCUT2D eigenvalue weighted by Crippen LogP contribution is 2.13. The molecule has 0 saturated heterocycles. The van der Waals surface area contributed by atoms with Crippen molar-refractivity contribution in [1.82, 2.24) is 15.0 Å². The maximum Gasteiger partial charge on any atom is 0.225 e. The summed E-state index contributed by atoms with van der Waals surface area (Å²) < 4.78 is 0. The molecule has 17 heavy (non-hydrogen) atoms. The summed E-state index contributed by atoms with van der Waals surface area (Å²) in [5, 5.41) is 0. The minimum atomic E-state index is 0.205. The van der Waals surface area contributed by atoms with Gasteiger partial charge in [0.05, 0.1) is 5.75 Å². The molecular formula is C11H21N5S. The zero-order chi connectivity index (χ0) is 12.5. The number of aromatic nitrogens is 3. The highest BCUT2D eigenvalue weighted by Gasteiger charge is 2.01. The first-order valence-corrected chi connectivity index (χ1v) is 7.21. The van der Waals surface area contributed by atoms with E-state index in [1.807, 2.05) is 11.8 Å². The zero-order valence-electron chi connectivity index (χ0n) is 10.4. The Labute approximate surface area is 107 Å². The van der Waals surface area contributed by atoms with Crippen LogP contribution in [-0.4, -0.2) is 20.7 Å². The van der Waals surface area contributed by atoms with Gasteiger partial charge in [0.25, 0.3) is 0 Å². The van der Waals surface area contributed by atoms with E-state index in [2.05, 4.69) is 21.9 Å². The molecule has 1 heterocycles. The molecule has 0 aliphatic rings. The molecule has 4 N–H and O–H groups in total. The Bertz CT molecular complexity index is 311. The molecule has 0 amide bonds. The van der Waals surface area contributed by atoms with Crippen LogP contribution in [0.15, 0.2) is 0 Å². The number of hydrogen-bond acceptors (Lipinski definition) is 6. The first-order chi connectivity index (χ1) is 8.22. The van der Waals surface area contributed by atoms with Crippen LogP contribution in [0.25, 0.3) is 0 Å². The van der Waals surface area contributed by atoms with Crippen LogP contribution in [0.2, 0.25) is 0 Å². The molecule has 1 aromatic heterocycles. The van der Waals surface area contributed by atoms with Crippen molar-refractivity contribution in [3.63, 3.8) is 0 Å². The van der Waals surface area contributed by atoms with Crippen LogP contribution in [0.1, 0.15) is 44.9 Å². The summed E-state index contributed by atoms with van der Waals surface area (Å²) in [4.78, 5) is 11.8. The summed E-state index contributed by atoms with van der Waals surface area (Å²) >= 11 is 1.82. The van der Waals surface area contributed by atoms with Crippen LogP contribution in [0, 0.1) is 0 Å². The van der Waals surface area contributed by atoms with E-state index < -0.39 is 0 Å². The van der Waals surface area contributed by atoms with Gasteiger partial charge in [0, 0.05) is 0 Å². The molecule has 0 unspecified atom stereocenters. The fourth-order valence-electron chi connectivity index (χ4n) is 1.49. The van der Waals surface area contributed by atoms with Gasteiger partial charge in [-0.2, -0.15) is 26.7 Å². The highest BCUT2D eigenvalue weighted by atomic mass is 32.2. The van der Waals surface area contributed by atoms with Gasteiger partial charge in [-0.15, -0.1) is 0 Å². The summed E-state index contributed by atoms with van der Waals surface area (Å²) in [6.07, 6.45) is 6.52. The molecule has 0 aromatic carbocycles. The van der Waals surface area contributed by atoms with Crippen molar-refractivity contribution < 1.29 is 0 Å². The maximum atomic E-state index is 5.49. The second-order valence-electron chi connectivity index (χ2n) is 3.93. The minimum Gasteiger partial charge on any atom is -0.368 e. The first-order valence-electron chi connectivity index (χ1n) is 6.06. The lowest BCUT2D eigenvalue weighted by Crippen LogP contribution is -2.06. The molecule has 1 aromatic rings. The van der Waals surface area contributed by atoms with Crippen molar-refractivity contribution in [2.24, 2.45) is 0 Å². The fraction of sp³-hybridized carbons (Fsp3) is 0.727. The van der Waals surface area contributed by atoms with Crippen LogP contribution in [0.4, 0.5) is 11.9 Å². The van der Waals surface area contributed by atoms with Crippen LogP contribution < -0.4 is 11.5 Å². The van der Waals surface area contributed by atoms with Gasteiger partial charge in [0.2, 0.25) is 11.9 Å². The lowest BCUT2D eigenvalue weighted by atomic mass is 10.2. The van der Waals surface area contributed by atoms with Gasteiger partial charge in [0.15, 0.2) is 0 Å². The van der Waals surface area contributed by atoms with Crippen LogP contribution in [0.3, 0.4) is 0 Å². The summed E-state index contributed by atoms with van der Waals surface area (Å²) in [6.45, 7) is 2.23. The third kappa shape index (κ3) is 6.31. The Morgan fingerprint density at radius 1 is 0.941 bits per heavy atom. The van der Waals surface area contributed by atoms with E-state index in [1.165, 1.54) is 32.1 Å². The van der Waals surface area contributed by atoms with E-state index in [0.29, 0.717) is 5.82 Å². The molecular weight excluding hydrogens is 234 g/mol. The number of nitrogens with zero attached hydrogens (tertiary/aromatic N) is 3. The van der Waals surface area contributed by atoms with Crippen molar-refractivity contribution >= 4 is 23.7 Å². The SMILES string of the molecule is CCCCCCCSCc1nc(N)nc(N)n1. The molecule has 6 heteroatoms. The molecule has 0 spiro atoms. The molecule has 0 aliphatic carbocycles. The van der Waals surface area contributed by atoms with Gasteiger partial charge in [-0.1, -0.05) is 32.6 Å². The van der Waals surface area contributed by atoms with E-state index in [1.54, 1.807) is 0 Å². The molecule has 0 atom stereocenters. The average Bonchev–Trinajstić information content (AvgIpc) is 2.26. The molecule has 1 rings (SSSR count). The molecule has 0 saturated carbocycles. The number of nitrogen functional groups attached to an aromatic ring is 2. The molecule has 0 radical (unpaired) electrons. The lowest BCUT2D eigenvalue weighted by Gasteiger charge is -2.02. The quantitative estimate of drug-likeness (QED) is 0.692. The van der Waals surface area contributed by atoms with Crippen molar-refractivity contribution in [1.29, 1.82) is 0 Å². The molecule has 0 bridgehead atoms. The van der Waals surface area contributed by atoms with Gasteiger partial charge in [0.1, 0.15) is 5.82 Å². The highest BCUT2D eigenvalue weighted by molar-refractivity contribution is 7.98. The molecule has 5 nitrogen and oxygen atoms in total. The Kier molecular flexibility index (Phi) is 6.69. The van der Waals surface area contributed by atoms with Crippen molar-refractivity contribution in [2.75, 3.05) is 17.2 Å². The molecule has 0 aliphatic heterocycles. The van der Waals surface area contributed by atoms with Gasteiger partial charge in [-0.05, 0) is 12.2 Å². The lowest BCUT2D eigenvalue weighted by molar-refractivity contribution is 0.659. The predicted octanol–water partition coefficient (Wildman–Crippen LogP) is 2.24. The van der Waals surface area contributed by atoms with E-state index in [4.69, 9.17) is 11.5 Å². The zero-order valence-corrected chi connectivity index (χ0v) is 11.2. The van der Waals surface area contributed by atoms with E-state index >= 15 is 0 Å². The second-order valence-corrected chi connectivity index (χ2v) is 5.04. The first kappa shape index (κ1) is 14.0. The largest absolute Gasteiger partial charge is 0.368 e. The standard InChI is InChI=1S/C11H21N5S/c1-2-3-4-5-6-7-17-8-9-14-10(12)16-11(13)15-9/h2-8H2,1H3,(H4,12,13,14,15,16). The number of nitrogens with two attached hydrogens (primary N) is 2. The van der Waals surface area contributed by atoms with Gasteiger partial charge in [-0.25, -0.2) is 0 Å². The number of hydrogen-bond donors (Lipinski definition) is 2. The number of unbranched alkanes of at least 4 members (excludes halogenated alkanes) is 4. The third-order valence-electron chi connectivity index (χ3n) is 2.34. The Balaban J connectivity index is 2.13. The second kappa shape index (κ2) is 8.11. The summed E-state index contributed by atoms with van der Waals surface area (Å²) in [5.41, 5.74) is 11.0. The maximum absolute atomic E-state index is 5.49. The predicted molar refractivity (Wildman–Crippen MR) is 73.6 cm³/mol. The third-order valence-corrected chi connectivity index (χ3v) is 3.38.